The molecule has 0 aromatic rings. The topological polar surface area (TPSA) is 50.8 Å². The maximum atomic E-state index is 11.6. The van der Waals surface area contributed by atoms with E-state index < -0.39 is 5.60 Å². The van der Waals surface area contributed by atoms with Crippen molar-refractivity contribution in [2.24, 2.45) is 0 Å². The highest BCUT2D eigenvalue weighted by Crippen LogP contribution is 2.16. The first-order chi connectivity index (χ1) is 7.92. The molecule has 5 nitrogen and oxygen atoms in total. The Morgan fingerprint density at radius 2 is 2.06 bits per heavy atom. The summed E-state index contributed by atoms with van der Waals surface area (Å²) in [6.07, 6.45) is -0.0785. The molecular formula is C12H24N2O3. The second-order valence-corrected chi connectivity index (χ2v) is 5.23. The van der Waals surface area contributed by atoms with Crippen molar-refractivity contribution in [2.45, 2.75) is 39.4 Å². The maximum absolute atomic E-state index is 11.6. The van der Waals surface area contributed by atoms with Gasteiger partial charge in [0.2, 0.25) is 0 Å². The molecular weight excluding hydrogens is 220 g/mol. The third-order valence-corrected chi connectivity index (χ3v) is 2.38. The molecule has 0 atom stereocenters. The molecule has 1 N–H and O–H groups in total. The van der Waals surface area contributed by atoms with Gasteiger partial charge in [-0.15, -0.1) is 0 Å². The Balaban J connectivity index is 2.08. The first kappa shape index (κ1) is 14.3. The molecule has 1 saturated heterocycles. The summed E-state index contributed by atoms with van der Waals surface area (Å²) in [7, 11) is 0. The van der Waals surface area contributed by atoms with Gasteiger partial charge in [-0.3, -0.25) is 0 Å². The number of ether oxygens (including phenoxy) is 2. The standard InChI is InChI=1S/C12H24N2O3/c1-5-13-6-7-16-10-8-14(9-10)11(15)17-12(2,3)4/h10,13H,5-9H2,1-4H3. The minimum atomic E-state index is -0.423. The van der Waals surface area contributed by atoms with Crippen LogP contribution in [-0.2, 0) is 9.47 Å². The van der Waals surface area contributed by atoms with Crippen molar-refractivity contribution >= 4 is 6.09 Å². The molecule has 0 unspecified atom stereocenters. The number of rotatable bonds is 5. The monoisotopic (exact) mass is 244 g/mol. The molecule has 17 heavy (non-hydrogen) atoms. The van der Waals surface area contributed by atoms with Gasteiger partial charge in [0.25, 0.3) is 0 Å². The molecule has 1 fully saturated rings. The van der Waals surface area contributed by atoms with E-state index in [9.17, 15) is 4.79 Å². The molecule has 5 heteroatoms. The van der Waals surface area contributed by atoms with Gasteiger partial charge in [-0.1, -0.05) is 6.92 Å². The smallest absolute Gasteiger partial charge is 0.410 e. The van der Waals surface area contributed by atoms with Crippen LogP contribution in [0.1, 0.15) is 27.7 Å². The van der Waals surface area contributed by atoms with E-state index in [1.54, 1.807) is 4.90 Å². The Kier molecular flexibility index (Phi) is 5.21. The number of carbonyl (C=O) groups excluding carboxylic acids is 1. The van der Waals surface area contributed by atoms with Gasteiger partial charge >= 0.3 is 6.09 Å². The molecule has 0 radical (unpaired) electrons. The predicted octanol–water partition coefficient (Wildman–Crippen LogP) is 1.23. The highest BCUT2D eigenvalue weighted by Gasteiger charge is 2.34. The lowest BCUT2D eigenvalue weighted by atomic mass is 10.2. The number of likely N-dealkylation sites (tertiary alicyclic amines) is 1. The van der Waals surface area contributed by atoms with Crippen LogP contribution < -0.4 is 5.32 Å². The minimum Gasteiger partial charge on any atom is -0.444 e. The van der Waals surface area contributed by atoms with E-state index in [1.807, 2.05) is 20.8 Å². The molecule has 0 aliphatic carbocycles. The van der Waals surface area contributed by atoms with E-state index in [-0.39, 0.29) is 12.2 Å². The third kappa shape index (κ3) is 5.37. The van der Waals surface area contributed by atoms with Crippen LogP contribution in [0.5, 0.6) is 0 Å². The quantitative estimate of drug-likeness (QED) is 0.739. The molecule has 0 bridgehead atoms. The minimum absolute atomic E-state index is 0.168. The van der Waals surface area contributed by atoms with Gasteiger partial charge in [-0.05, 0) is 27.3 Å². The zero-order chi connectivity index (χ0) is 12.9. The number of likely N-dealkylation sites (N-methyl/N-ethyl adjacent to an activating group) is 1. The van der Waals surface area contributed by atoms with Gasteiger partial charge in [0.05, 0.1) is 25.8 Å². The largest absolute Gasteiger partial charge is 0.444 e. The predicted molar refractivity (Wildman–Crippen MR) is 66.1 cm³/mol. The molecule has 0 spiro atoms. The summed E-state index contributed by atoms with van der Waals surface area (Å²) < 4.78 is 10.8. The summed E-state index contributed by atoms with van der Waals surface area (Å²) in [6, 6.07) is 0. The Labute approximate surface area is 103 Å². The van der Waals surface area contributed by atoms with Crippen LogP contribution in [0.2, 0.25) is 0 Å². The summed E-state index contributed by atoms with van der Waals surface area (Å²) in [5.41, 5.74) is -0.423. The average molecular weight is 244 g/mol. The van der Waals surface area contributed by atoms with Gasteiger partial charge in [0.1, 0.15) is 5.60 Å². The van der Waals surface area contributed by atoms with Gasteiger partial charge < -0.3 is 19.7 Å². The summed E-state index contributed by atoms with van der Waals surface area (Å²) >= 11 is 0. The van der Waals surface area contributed by atoms with Crippen molar-refractivity contribution in [1.82, 2.24) is 10.2 Å². The van der Waals surface area contributed by atoms with E-state index in [2.05, 4.69) is 12.2 Å². The van der Waals surface area contributed by atoms with Crippen LogP contribution in [0.4, 0.5) is 4.79 Å². The van der Waals surface area contributed by atoms with Crippen molar-refractivity contribution in [2.75, 3.05) is 32.8 Å². The molecule has 1 rings (SSSR count). The van der Waals surface area contributed by atoms with Gasteiger partial charge in [-0.25, -0.2) is 4.79 Å². The fraction of sp³-hybridized carbons (Fsp3) is 0.917. The van der Waals surface area contributed by atoms with Gasteiger partial charge in [-0.2, -0.15) is 0 Å². The number of nitrogens with one attached hydrogen (secondary N) is 1. The molecule has 0 aromatic carbocycles. The highest BCUT2D eigenvalue weighted by atomic mass is 16.6. The molecule has 1 aliphatic heterocycles. The fourth-order valence-corrected chi connectivity index (χ4v) is 1.49. The van der Waals surface area contributed by atoms with E-state index in [0.29, 0.717) is 19.7 Å². The van der Waals surface area contributed by atoms with Crippen LogP contribution in [0.15, 0.2) is 0 Å². The van der Waals surface area contributed by atoms with Crippen molar-refractivity contribution in [1.29, 1.82) is 0 Å². The summed E-state index contributed by atoms with van der Waals surface area (Å²) in [6.45, 7) is 11.5. The van der Waals surface area contributed by atoms with Crippen molar-refractivity contribution < 1.29 is 14.3 Å². The Morgan fingerprint density at radius 3 is 2.59 bits per heavy atom. The second-order valence-electron chi connectivity index (χ2n) is 5.23. The highest BCUT2D eigenvalue weighted by molar-refractivity contribution is 5.69. The van der Waals surface area contributed by atoms with Crippen molar-refractivity contribution in [3.05, 3.63) is 0 Å². The van der Waals surface area contributed by atoms with Crippen LogP contribution >= 0.6 is 0 Å². The average Bonchev–Trinajstić information content (AvgIpc) is 2.11. The lowest BCUT2D eigenvalue weighted by molar-refractivity contribution is -0.0619. The number of nitrogens with zero attached hydrogens (tertiary/aromatic N) is 1. The first-order valence-electron chi connectivity index (χ1n) is 6.22. The van der Waals surface area contributed by atoms with Crippen LogP contribution in [-0.4, -0.2) is 55.5 Å². The Hall–Kier alpha value is -0.810. The lowest BCUT2D eigenvalue weighted by Gasteiger charge is -2.39. The number of hydrogen-bond acceptors (Lipinski definition) is 4. The molecule has 100 valence electrons. The Morgan fingerprint density at radius 1 is 1.41 bits per heavy atom. The van der Waals surface area contributed by atoms with E-state index in [1.165, 1.54) is 0 Å². The first-order valence-corrected chi connectivity index (χ1v) is 6.22. The van der Waals surface area contributed by atoms with Crippen LogP contribution in [0, 0.1) is 0 Å². The number of hydrogen-bond donors (Lipinski definition) is 1. The maximum Gasteiger partial charge on any atom is 0.410 e. The summed E-state index contributed by atoms with van der Waals surface area (Å²) in [4.78, 5) is 13.3. The normalized spacial score (nSPS) is 16.8. The SMILES string of the molecule is CCNCCOC1CN(C(=O)OC(C)(C)C)C1. The molecule has 0 aromatic heterocycles. The summed E-state index contributed by atoms with van der Waals surface area (Å²) in [5, 5.41) is 3.19. The van der Waals surface area contributed by atoms with Crippen molar-refractivity contribution in [3.63, 3.8) is 0 Å². The number of carbonyl (C=O) groups is 1. The molecule has 1 heterocycles. The molecule has 1 amide bonds. The summed E-state index contributed by atoms with van der Waals surface area (Å²) in [5.74, 6) is 0. The van der Waals surface area contributed by atoms with Gasteiger partial charge in [0, 0.05) is 6.54 Å². The second kappa shape index (κ2) is 6.21. The lowest BCUT2D eigenvalue weighted by Crippen LogP contribution is -2.56. The van der Waals surface area contributed by atoms with Crippen LogP contribution in [0.25, 0.3) is 0 Å². The fourth-order valence-electron chi connectivity index (χ4n) is 1.49. The molecule has 1 aliphatic rings. The van der Waals surface area contributed by atoms with Gasteiger partial charge in [0.15, 0.2) is 0 Å². The van der Waals surface area contributed by atoms with E-state index in [4.69, 9.17) is 9.47 Å². The zero-order valence-electron chi connectivity index (χ0n) is 11.3. The third-order valence-electron chi connectivity index (χ3n) is 2.38. The van der Waals surface area contributed by atoms with E-state index >= 15 is 0 Å². The van der Waals surface area contributed by atoms with Crippen molar-refractivity contribution in [3.8, 4) is 0 Å². The van der Waals surface area contributed by atoms with Crippen LogP contribution in [0.3, 0.4) is 0 Å². The van der Waals surface area contributed by atoms with E-state index in [0.717, 1.165) is 13.1 Å². The molecule has 0 saturated carbocycles. The zero-order valence-corrected chi connectivity index (χ0v) is 11.3. The Bertz CT molecular complexity index is 245. The number of amides is 1.